The molecular weight excluding hydrogens is 176 g/mol. The number of nitro groups is 1. The third-order valence-corrected chi connectivity index (χ3v) is 1.48. The Kier molecular flexibility index (Phi) is 2.16. The fraction of sp³-hybridized carbons (Fsp3) is 0.400. The Bertz CT molecular complexity index is 379. The summed E-state index contributed by atoms with van der Waals surface area (Å²) in [5, 5.41) is 17.4. The summed E-state index contributed by atoms with van der Waals surface area (Å²) in [5.41, 5.74) is 8.14. The average Bonchev–Trinajstić information content (AvgIpc) is 2.27. The van der Waals surface area contributed by atoms with Gasteiger partial charge in [0.15, 0.2) is 0 Å². The highest BCUT2D eigenvalue weighted by atomic mass is 16.6. The van der Waals surface area contributed by atoms with Gasteiger partial charge in [0, 0.05) is 12.0 Å². The van der Waals surface area contributed by atoms with Crippen molar-refractivity contribution in [3.05, 3.63) is 26.3 Å². The molecule has 0 radical (unpaired) electrons. The predicted octanol–water partition coefficient (Wildman–Crippen LogP) is 1.58. The summed E-state index contributed by atoms with van der Waals surface area (Å²) in [4.78, 5) is 12.4. The van der Waals surface area contributed by atoms with Crippen LogP contribution in [0.25, 0.3) is 10.4 Å². The van der Waals surface area contributed by atoms with E-state index in [9.17, 15) is 10.1 Å². The molecule has 1 heterocycles. The largest absolute Gasteiger partial charge is 0.319 e. The first-order chi connectivity index (χ1) is 6.07. The van der Waals surface area contributed by atoms with Gasteiger partial charge in [0.1, 0.15) is 5.69 Å². The summed E-state index contributed by atoms with van der Waals surface area (Å²) in [6.45, 7) is 1.48. The molecule has 13 heavy (non-hydrogen) atoms. The number of hydrogen-bond donors (Lipinski definition) is 0. The van der Waals surface area contributed by atoms with Gasteiger partial charge in [0.2, 0.25) is 5.82 Å². The summed E-state index contributed by atoms with van der Waals surface area (Å²) in [5.74, 6) is -0.0787. The maximum atomic E-state index is 10.5. The summed E-state index contributed by atoms with van der Waals surface area (Å²) < 4.78 is 1.17. The second-order valence-corrected chi connectivity index (χ2v) is 2.33. The Morgan fingerprint density at radius 2 is 2.38 bits per heavy atom. The van der Waals surface area contributed by atoms with Crippen molar-refractivity contribution in [2.24, 2.45) is 12.2 Å². The van der Waals surface area contributed by atoms with Crippen molar-refractivity contribution in [2.75, 3.05) is 0 Å². The Hall–Kier alpha value is -2.08. The number of hydrogen-bond acceptors (Lipinski definition) is 4. The monoisotopic (exact) mass is 182 g/mol. The van der Waals surface area contributed by atoms with Crippen molar-refractivity contribution in [1.29, 1.82) is 0 Å². The van der Waals surface area contributed by atoms with E-state index in [1.807, 2.05) is 0 Å². The van der Waals surface area contributed by atoms with E-state index < -0.39 is 4.92 Å². The van der Waals surface area contributed by atoms with Crippen LogP contribution in [0.3, 0.4) is 0 Å². The van der Waals surface area contributed by atoms with Crippen molar-refractivity contribution >= 4 is 11.5 Å². The number of nitrogens with zero attached hydrogens (tertiary/aromatic N) is 6. The molecule has 1 rings (SSSR count). The first kappa shape index (κ1) is 9.01. The number of rotatable bonds is 2. The number of aryl methyl sites for hydroxylation is 2. The zero-order chi connectivity index (χ0) is 10.0. The first-order valence-corrected chi connectivity index (χ1v) is 3.31. The van der Waals surface area contributed by atoms with Gasteiger partial charge in [-0.3, -0.25) is 14.8 Å². The van der Waals surface area contributed by atoms with Gasteiger partial charge in [-0.25, -0.2) is 0 Å². The highest BCUT2D eigenvalue weighted by molar-refractivity contribution is 5.55. The van der Waals surface area contributed by atoms with Crippen LogP contribution in [0.1, 0.15) is 5.69 Å². The third kappa shape index (κ3) is 1.42. The predicted molar refractivity (Wildman–Crippen MR) is 43.4 cm³/mol. The van der Waals surface area contributed by atoms with Crippen LogP contribution in [0.15, 0.2) is 5.11 Å². The lowest BCUT2D eigenvalue weighted by Crippen LogP contribution is -1.89. The normalized spacial score (nSPS) is 9.38. The summed E-state index contributed by atoms with van der Waals surface area (Å²) in [6.07, 6.45) is 0. The molecule has 8 nitrogen and oxygen atoms in total. The van der Waals surface area contributed by atoms with Gasteiger partial charge in [-0.1, -0.05) is 0 Å². The van der Waals surface area contributed by atoms with Crippen molar-refractivity contribution in [3.63, 3.8) is 0 Å². The maximum Gasteiger partial charge on any atom is 0.319 e. The molecule has 0 aliphatic carbocycles. The molecule has 0 saturated carbocycles. The fourth-order valence-electron chi connectivity index (χ4n) is 1.00. The molecule has 0 bridgehead atoms. The van der Waals surface area contributed by atoms with Gasteiger partial charge in [-0.2, -0.15) is 5.10 Å². The van der Waals surface area contributed by atoms with Gasteiger partial charge in [0.05, 0.1) is 4.92 Å². The van der Waals surface area contributed by atoms with Crippen LogP contribution in [0.5, 0.6) is 0 Å². The molecule has 0 N–H and O–H groups in total. The third-order valence-electron chi connectivity index (χ3n) is 1.48. The lowest BCUT2D eigenvalue weighted by molar-refractivity contribution is -0.384. The average molecular weight is 182 g/mol. The van der Waals surface area contributed by atoms with Crippen LogP contribution >= 0.6 is 0 Å². The molecule has 1 aromatic rings. The van der Waals surface area contributed by atoms with Crippen molar-refractivity contribution in [3.8, 4) is 0 Å². The van der Waals surface area contributed by atoms with E-state index in [2.05, 4.69) is 15.1 Å². The molecule has 0 fully saturated rings. The van der Waals surface area contributed by atoms with E-state index in [4.69, 9.17) is 5.53 Å². The molecule has 0 aliphatic rings. The Morgan fingerprint density at radius 1 is 1.77 bits per heavy atom. The minimum Gasteiger partial charge on any atom is -0.259 e. The summed E-state index contributed by atoms with van der Waals surface area (Å²) >= 11 is 0. The highest BCUT2D eigenvalue weighted by Crippen LogP contribution is 2.29. The van der Waals surface area contributed by atoms with E-state index in [1.54, 1.807) is 0 Å². The topological polar surface area (TPSA) is 110 Å². The Balaban J connectivity index is 3.46. The van der Waals surface area contributed by atoms with Crippen LogP contribution in [0.4, 0.5) is 11.5 Å². The molecule has 8 heteroatoms. The van der Waals surface area contributed by atoms with E-state index >= 15 is 0 Å². The van der Waals surface area contributed by atoms with Gasteiger partial charge in [-0.05, 0) is 17.6 Å². The standard InChI is InChI=1S/C5H6N6O2/c1-3-4(11(12)13)5(7-9-6)10(2)8-3/h1-2H3. The Morgan fingerprint density at radius 3 is 2.85 bits per heavy atom. The van der Waals surface area contributed by atoms with Crippen LogP contribution in [-0.4, -0.2) is 14.7 Å². The SMILES string of the molecule is Cc1nn(C)c(N=[N+]=[N-])c1[N+](=O)[O-]. The van der Waals surface area contributed by atoms with Crippen molar-refractivity contribution in [1.82, 2.24) is 9.78 Å². The molecule has 0 unspecified atom stereocenters. The van der Waals surface area contributed by atoms with Crippen molar-refractivity contribution in [2.45, 2.75) is 6.92 Å². The van der Waals surface area contributed by atoms with Gasteiger partial charge in [0.25, 0.3) is 0 Å². The molecule has 0 aliphatic heterocycles. The van der Waals surface area contributed by atoms with Crippen LogP contribution in [-0.2, 0) is 7.05 Å². The zero-order valence-corrected chi connectivity index (χ0v) is 7.00. The lowest BCUT2D eigenvalue weighted by atomic mass is 10.4. The molecular formula is C5H6N6O2. The highest BCUT2D eigenvalue weighted by Gasteiger charge is 2.22. The second kappa shape index (κ2) is 3.11. The van der Waals surface area contributed by atoms with E-state index in [0.717, 1.165) is 0 Å². The molecule has 68 valence electrons. The number of aromatic nitrogens is 2. The molecule has 0 spiro atoms. The van der Waals surface area contributed by atoms with Crippen LogP contribution in [0.2, 0.25) is 0 Å². The van der Waals surface area contributed by atoms with E-state index in [0.29, 0.717) is 0 Å². The van der Waals surface area contributed by atoms with E-state index in [1.165, 1.54) is 18.7 Å². The molecule has 1 aromatic heterocycles. The number of azide groups is 1. The van der Waals surface area contributed by atoms with Gasteiger partial charge >= 0.3 is 5.69 Å². The fourth-order valence-corrected chi connectivity index (χ4v) is 1.00. The second-order valence-electron chi connectivity index (χ2n) is 2.33. The minimum atomic E-state index is -0.619. The first-order valence-electron chi connectivity index (χ1n) is 3.31. The lowest BCUT2D eigenvalue weighted by Gasteiger charge is -1.90. The van der Waals surface area contributed by atoms with E-state index in [-0.39, 0.29) is 17.2 Å². The molecule has 0 aromatic carbocycles. The molecule has 0 atom stereocenters. The smallest absolute Gasteiger partial charge is 0.259 e. The zero-order valence-electron chi connectivity index (χ0n) is 7.00. The summed E-state index contributed by atoms with van der Waals surface area (Å²) in [6, 6.07) is 0. The summed E-state index contributed by atoms with van der Waals surface area (Å²) in [7, 11) is 1.48. The van der Waals surface area contributed by atoms with Gasteiger partial charge in [-0.15, -0.1) is 0 Å². The van der Waals surface area contributed by atoms with Gasteiger partial charge < -0.3 is 0 Å². The van der Waals surface area contributed by atoms with Crippen LogP contribution < -0.4 is 0 Å². The van der Waals surface area contributed by atoms with Crippen molar-refractivity contribution < 1.29 is 4.92 Å². The quantitative estimate of drug-likeness (QED) is 0.227. The minimum absolute atomic E-state index is 0.0787. The van der Waals surface area contributed by atoms with Crippen LogP contribution in [0, 0.1) is 17.0 Å². The maximum absolute atomic E-state index is 10.5. The molecule has 0 saturated heterocycles. The molecule has 0 amide bonds. The Labute approximate surface area is 72.6 Å².